The predicted molar refractivity (Wildman–Crippen MR) is 57.7 cm³/mol. The van der Waals surface area contributed by atoms with Crippen molar-refractivity contribution in [1.82, 2.24) is 0 Å². The topological polar surface area (TPSA) is 44.5 Å². The van der Waals surface area contributed by atoms with Crippen LogP contribution < -0.4 is 15.2 Å². The monoisotopic (exact) mass is 211 g/mol. The number of halogens is 1. The SMILES string of the molecule is COc1ccc(C(=CF)CN)cc1OC. The maximum Gasteiger partial charge on any atom is 0.161 e. The molecule has 4 heteroatoms. The molecule has 0 amide bonds. The maximum absolute atomic E-state index is 12.4. The van der Waals surface area contributed by atoms with Gasteiger partial charge in [0.15, 0.2) is 11.5 Å². The van der Waals surface area contributed by atoms with Crippen molar-refractivity contribution < 1.29 is 13.9 Å². The van der Waals surface area contributed by atoms with Crippen molar-refractivity contribution in [2.24, 2.45) is 5.73 Å². The Labute approximate surface area is 88.3 Å². The third-order valence-electron chi connectivity index (χ3n) is 2.11. The number of benzene rings is 1. The van der Waals surface area contributed by atoms with Gasteiger partial charge in [-0.25, -0.2) is 4.39 Å². The molecule has 0 aliphatic rings. The van der Waals surface area contributed by atoms with E-state index in [0.717, 1.165) is 0 Å². The summed E-state index contributed by atoms with van der Waals surface area (Å²) in [6.07, 6.45) is 0.501. The smallest absolute Gasteiger partial charge is 0.161 e. The van der Waals surface area contributed by atoms with Crippen LogP contribution in [0.25, 0.3) is 5.57 Å². The van der Waals surface area contributed by atoms with Crippen molar-refractivity contribution in [3.8, 4) is 11.5 Å². The van der Waals surface area contributed by atoms with Crippen LogP contribution in [0, 0.1) is 0 Å². The summed E-state index contributed by atoms with van der Waals surface area (Å²) in [5.74, 6) is 1.17. The summed E-state index contributed by atoms with van der Waals surface area (Å²) in [6, 6.07) is 5.14. The first-order valence-electron chi connectivity index (χ1n) is 4.48. The van der Waals surface area contributed by atoms with E-state index in [9.17, 15) is 4.39 Å². The van der Waals surface area contributed by atoms with E-state index in [0.29, 0.717) is 29.0 Å². The lowest BCUT2D eigenvalue weighted by atomic mass is 10.1. The molecule has 0 aliphatic heterocycles. The van der Waals surface area contributed by atoms with E-state index in [2.05, 4.69) is 0 Å². The fourth-order valence-corrected chi connectivity index (χ4v) is 1.26. The van der Waals surface area contributed by atoms with Gasteiger partial charge in [-0.05, 0) is 17.7 Å². The minimum absolute atomic E-state index is 0.145. The molecule has 0 spiro atoms. The summed E-state index contributed by atoms with van der Waals surface area (Å²) < 4.78 is 22.6. The number of hydrogen-bond donors (Lipinski definition) is 1. The molecule has 0 atom stereocenters. The molecule has 0 saturated heterocycles. The predicted octanol–water partition coefficient (Wildman–Crippen LogP) is 1.97. The molecule has 1 rings (SSSR count). The molecule has 0 radical (unpaired) electrons. The Morgan fingerprint density at radius 3 is 2.47 bits per heavy atom. The largest absolute Gasteiger partial charge is 0.493 e. The normalized spacial score (nSPS) is 11.3. The average molecular weight is 211 g/mol. The molecular formula is C11H14FNO2. The molecule has 0 saturated carbocycles. The minimum Gasteiger partial charge on any atom is -0.493 e. The lowest BCUT2D eigenvalue weighted by Crippen LogP contribution is -2.02. The van der Waals surface area contributed by atoms with Gasteiger partial charge in [0, 0.05) is 12.1 Å². The van der Waals surface area contributed by atoms with Crippen molar-refractivity contribution in [2.45, 2.75) is 0 Å². The van der Waals surface area contributed by atoms with Crippen LogP contribution >= 0.6 is 0 Å². The van der Waals surface area contributed by atoms with Gasteiger partial charge < -0.3 is 15.2 Å². The number of methoxy groups -OCH3 is 2. The quantitative estimate of drug-likeness (QED) is 0.828. The lowest BCUT2D eigenvalue weighted by Gasteiger charge is -2.10. The molecule has 15 heavy (non-hydrogen) atoms. The first-order chi connectivity index (χ1) is 7.26. The van der Waals surface area contributed by atoms with Crippen molar-refractivity contribution in [3.05, 3.63) is 30.1 Å². The molecule has 1 aromatic carbocycles. The highest BCUT2D eigenvalue weighted by Crippen LogP contribution is 2.30. The van der Waals surface area contributed by atoms with Gasteiger partial charge in [0.2, 0.25) is 0 Å². The average Bonchev–Trinajstić information content (AvgIpc) is 2.30. The zero-order valence-corrected chi connectivity index (χ0v) is 8.79. The minimum atomic E-state index is 0.145. The first kappa shape index (κ1) is 11.5. The summed E-state index contributed by atoms with van der Waals surface area (Å²) in [6.45, 7) is 0.145. The standard InChI is InChI=1S/C11H14FNO2/c1-14-10-4-3-8(5-11(10)15-2)9(6-12)7-13/h3-6H,7,13H2,1-2H3. The highest BCUT2D eigenvalue weighted by Gasteiger charge is 2.06. The summed E-state index contributed by atoms with van der Waals surface area (Å²) in [5.41, 5.74) is 6.52. The number of hydrogen-bond acceptors (Lipinski definition) is 3. The summed E-state index contributed by atoms with van der Waals surface area (Å²) in [4.78, 5) is 0. The van der Waals surface area contributed by atoms with Crippen molar-refractivity contribution in [1.29, 1.82) is 0 Å². The molecule has 0 aliphatic carbocycles. The molecule has 0 heterocycles. The molecule has 1 aromatic rings. The third-order valence-corrected chi connectivity index (χ3v) is 2.11. The van der Waals surface area contributed by atoms with E-state index in [4.69, 9.17) is 15.2 Å². The second-order valence-electron chi connectivity index (χ2n) is 2.91. The van der Waals surface area contributed by atoms with Crippen LogP contribution in [0.4, 0.5) is 4.39 Å². The van der Waals surface area contributed by atoms with Crippen LogP contribution in [0.2, 0.25) is 0 Å². The summed E-state index contributed by atoms with van der Waals surface area (Å²) in [7, 11) is 3.08. The molecule has 0 aromatic heterocycles. The van der Waals surface area contributed by atoms with Crippen LogP contribution in [-0.2, 0) is 0 Å². The van der Waals surface area contributed by atoms with Crippen LogP contribution in [0.1, 0.15) is 5.56 Å². The van der Waals surface area contributed by atoms with Crippen molar-refractivity contribution in [2.75, 3.05) is 20.8 Å². The number of ether oxygens (including phenoxy) is 2. The van der Waals surface area contributed by atoms with Gasteiger partial charge in [0.05, 0.1) is 20.5 Å². The van der Waals surface area contributed by atoms with Crippen LogP contribution in [0.3, 0.4) is 0 Å². The van der Waals surface area contributed by atoms with E-state index in [1.165, 1.54) is 7.11 Å². The van der Waals surface area contributed by atoms with E-state index < -0.39 is 0 Å². The van der Waals surface area contributed by atoms with Gasteiger partial charge in [0.25, 0.3) is 0 Å². The zero-order valence-electron chi connectivity index (χ0n) is 8.79. The Kier molecular flexibility index (Phi) is 4.12. The molecule has 82 valence electrons. The molecule has 0 fully saturated rings. The van der Waals surface area contributed by atoms with E-state index in [-0.39, 0.29) is 6.54 Å². The van der Waals surface area contributed by atoms with Gasteiger partial charge in [-0.3, -0.25) is 0 Å². The molecule has 2 N–H and O–H groups in total. The van der Waals surface area contributed by atoms with E-state index in [1.54, 1.807) is 25.3 Å². The highest BCUT2D eigenvalue weighted by molar-refractivity contribution is 5.68. The van der Waals surface area contributed by atoms with Crippen LogP contribution in [0.5, 0.6) is 11.5 Å². The second kappa shape index (κ2) is 5.36. The zero-order chi connectivity index (χ0) is 11.3. The molecule has 0 bridgehead atoms. The first-order valence-corrected chi connectivity index (χ1v) is 4.48. The molecular weight excluding hydrogens is 197 g/mol. The van der Waals surface area contributed by atoms with E-state index >= 15 is 0 Å². The Bertz CT molecular complexity index is 364. The van der Waals surface area contributed by atoms with Gasteiger partial charge in [0.1, 0.15) is 0 Å². The van der Waals surface area contributed by atoms with Crippen molar-refractivity contribution in [3.63, 3.8) is 0 Å². The van der Waals surface area contributed by atoms with Gasteiger partial charge in [-0.1, -0.05) is 6.07 Å². The Morgan fingerprint density at radius 2 is 2.00 bits per heavy atom. The Hall–Kier alpha value is -1.55. The lowest BCUT2D eigenvalue weighted by molar-refractivity contribution is 0.355. The molecule has 0 unspecified atom stereocenters. The number of rotatable bonds is 4. The van der Waals surface area contributed by atoms with Gasteiger partial charge >= 0.3 is 0 Å². The third kappa shape index (κ3) is 2.47. The van der Waals surface area contributed by atoms with E-state index in [1.807, 2.05) is 0 Å². The molecule has 3 nitrogen and oxygen atoms in total. The van der Waals surface area contributed by atoms with Gasteiger partial charge in [-0.2, -0.15) is 0 Å². The Balaban J connectivity index is 3.13. The second-order valence-corrected chi connectivity index (χ2v) is 2.91. The van der Waals surface area contributed by atoms with Crippen molar-refractivity contribution >= 4 is 5.57 Å². The summed E-state index contributed by atoms with van der Waals surface area (Å²) >= 11 is 0. The van der Waals surface area contributed by atoms with Crippen LogP contribution in [-0.4, -0.2) is 20.8 Å². The highest BCUT2D eigenvalue weighted by atomic mass is 19.1. The Morgan fingerprint density at radius 1 is 1.33 bits per heavy atom. The number of nitrogens with two attached hydrogens (primary N) is 1. The summed E-state index contributed by atoms with van der Waals surface area (Å²) in [5, 5.41) is 0. The fraction of sp³-hybridized carbons (Fsp3) is 0.273. The van der Waals surface area contributed by atoms with Crippen LogP contribution in [0.15, 0.2) is 24.5 Å². The fourth-order valence-electron chi connectivity index (χ4n) is 1.26. The van der Waals surface area contributed by atoms with Gasteiger partial charge in [-0.15, -0.1) is 0 Å². The maximum atomic E-state index is 12.4.